The average molecular weight is 1370 g/mol. The van der Waals surface area contributed by atoms with Crippen LogP contribution in [0.5, 0.6) is 0 Å². The number of carbonyl (C=O) groups is 12. The Labute approximate surface area is 525 Å². The molecule has 1 heterocycles. The minimum Gasteiger partial charge on any atom is -0.479 e. The van der Waals surface area contributed by atoms with Gasteiger partial charge in [0.2, 0.25) is 5.78 Å². The zero-order valence-electron chi connectivity index (χ0n) is 54.6. The van der Waals surface area contributed by atoms with Crippen LogP contribution in [-0.4, -0.2) is 166 Å². The fourth-order valence-electron chi connectivity index (χ4n) is 8.35. The minimum atomic E-state index is -5.01. The number of fused-ring (bicyclic) bond motifs is 1. The van der Waals surface area contributed by atoms with Gasteiger partial charge in [0.1, 0.15) is 36.6 Å². The predicted octanol–water partition coefficient (Wildman–Crippen LogP) is 4.73. The van der Waals surface area contributed by atoms with Crippen molar-refractivity contribution in [3.63, 3.8) is 0 Å². The number of carboxylic acids is 1. The van der Waals surface area contributed by atoms with Crippen LogP contribution in [0.3, 0.4) is 0 Å². The molecule has 0 radical (unpaired) electrons. The number of ether oxygens (including phenoxy) is 1. The molecule has 0 spiro atoms. The normalized spacial score (nSPS) is 16.3. The number of ketones is 3. The Hall–Kier alpha value is -7.34. The third kappa shape index (κ3) is 23.6. The van der Waals surface area contributed by atoms with Crippen molar-refractivity contribution in [2.45, 2.75) is 136 Å². The number of rotatable bonds is 30. The number of aryl methyl sites for hydroxylation is 1. The fraction of sp³-hybridized carbons (Fsp3) is 0.419. The second kappa shape index (κ2) is 39.5. The van der Waals surface area contributed by atoms with Crippen molar-refractivity contribution in [3.05, 3.63) is 140 Å². The molecule has 0 saturated heterocycles. The molecule has 26 heteroatoms. The van der Waals surface area contributed by atoms with Crippen LogP contribution < -0.4 is 21.3 Å². The van der Waals surface area contributed by atoms with Crippen molar-refractivity contribution in [2.24, 2.45) is 0 Å². The van der Waals surface area contributed by atoms with Gasteiger partial charge in [-0.2, -0.15) is 0 Å². The molecule has 1 aliphatic rings. The standard InChI is InChI=1S/C27H28ClNO4.C12H13IO6.C8H15NO3.C8H13NO3.C7H13NO4/c1-3-24(29-17-18-30)25(31)26(32)33-27(20-9-5-4-6-10-20,21-15-13-19(2)14-16-21)22-11-7-8-12-23(22)28;1-8(14)17-13(3,18-9(2)15)11-7-5-4-6-10(11)12(16)19-13;2*1-3-7(9-4-5-10)8(12)6(2)11;1-2-5(8-3-4-9)6(10)7(11)12/h4-16,18,24-25,29,31H,3,17H2,1-2H3;4-7H,1-3H3;5,7-9,12H,3-4H2,1-2H3;5,7,9H,3-4H2,1-2H3;4-6,8,10H,2-3H2,1H3,(H,11,12)/t24-,25?,27?;;7-,8?;7-;5-,6?/m0.000/s1/i18T;;2*5T;4T. The van der Waals surface area contributed by atoms with Crippen molar-refractivity contribution in [1.82, 2.24) is 21.3 Å². The van der Waals surface area contributed by atoms with Gasteiger partial charge in [-0.05, 0) is 45.6 Å². The number of aliphatic hydroxyl groups is 3. The molecular weight excluding hydrogens is 1280 g/mol. The number of Topliss-reactive ketones (excluding diaryl/α,β-unsaturated/α-hetero) is 3. The van der Waals surface area contributed by atoms with Crippen molar-refractivity contribution >= 4 is 102 Å². The summed E-state index contributed by atoms with van der Waals surface area (Å²) >= 11 is 1.65. The van der Waals surface area contributed by atoms with E-state index in [1.165, 1.54) is 32.6 Å². The number of esters is 1. The maximum atomic E-state index is 13.4. The first-order chi connectivity index (χ1) is 43.0. The number of aldehydes is 4. The smallest absolute Gasteiger partial charge is 0.338 e. The van der Waals surface area contributed by atoms with Crippen molar-refractivity contribution in [2.75, 3.05) is 31.1 Å². The third-order valence-corrected chi connectivity index (χ3v) is 21.2. The third-order valence-electron chi connectivity index (χ3n) is 12.7. The van der Waals surface area contributed by atoms with E-state index in [4.69, 9.17) is 41.2 Å². The molecule has 0 aromatic heterocycles. The molecule has 24 nitrogen and oxygen atoms in total. The van der Waals surface area contributed by atoms with Gasteiger partial charge < -0.3 is 65.6 Å². The van der Waals surface area contributed by atoms with E-state index in [-0.39, 0.29) is 37.5 Å². The quantitative estimate of drug-likeness (QED) is 0.00873. The summed E-state index contributed by atoms with van der Waals surface area (Å²) in [5, 5.41) is 48.5. The average Bonchev–Trinajstić information content (AvgIpc) is 1.49. The SMILES string of the molecule is CC(=O)OI1(C)(OC(C)=O)OC(=O)c2ccccc21.[3H]C(=O)CN[C@@H](CC)C(=O)C(C)=O.[3H]C(=O)CN[C@@H](CC)C(O)C(=O)O.[3H]C(=O)CN[C@@H](CC)C(O)C(=O)OC(c1ccccc1)(c1ccc(C)cc1)c1ccccc1Cl.[3H]C(=O)CN[C@@H](CC)C(O)C(C)=O. The molecule has 0 aliphatic carbocycles. The monoisotopic (exact) mass is 1370 g/mol. The van der Waals surface area contributed by atoms with Gasteiger partial charge in [0.15, 0.2) is 29.4 Å². The predicted molar refractivity (Wildman–Crippen MR) is 334 cm³/mol. The maximum Gasteiger partial charge on any atom is 0.338 e. The van der Waals surface area contributed by atoms with Crippen LogP contribution in [0.15, 0.2) is 103 Å². The summed E-state index contributed by atoms with van der Waals surface area (Å²) in [7, 11) is 0. The molecule has 484 valence electrons. The molecule has 4 unspecified atom stereocenters. The Bertz CT molecular complexity index is 3140. The molecule has 0 saturated carbocycles. The molecule has 8 atom stereocenters. The molecule has 0 bridgehead atoms. The van der Waals surface area contributed by atoms with Gasteiger partial charge in [0.25, 0.3) is 0 Å². The summed E-state index contributed by atoms with van der Waals surface area (Å²) in [4.78, 5) is 134. The van der Waals surface area contributed by atoms with Gasteiger partial charge in [-0.3, -0.25) is 14.4 Å². The Morgan fingerprint density at radius 2 is 1.05 bits per heavy atom. The first-order valence-electron chi connectivity index (χ1n) is 29.4. The topological polar surface area (TPSA) is 371 Å². The van der Waals surface area contributed by atoms with Crippen LogP contribution in [0.1, 0.15) is 119 Å². The Morgan fingerprint density at radius 1 is 0.614 bits per heavy atom. The molecule has 8 N–H and O–H groups in total. The summed E-state index contributed by atoms with van der Waals surface area (Å²) < 4.78 is 49.3. The van der Waals surface area contributed by atoms with Crippen molar-refractivity contribution in [1.29, 1.82) is 0 Å². The number of halogens is 2. The first kappa shape index (κ1) is 71.4. The molecule has 4 aromatic carbocycles. The van der Waals surface area contributed by atoms with Crippen LogP contribution in [-0.2, 0) is 72.3 Å². The Balaban J connectivity index is 0.000000621. The van der Waals surface area contributed by atoms with Gasteiger partial charge in [0.05, 0.1) is 32.2 Å². The molecule has 0 fully saturated rings. The minimum absolute atomic E-state index is 0.136. The van der Waals surface area contributed by atoms with Gasteiger partial charge in [-0.25, -0.2) is 9.59 Å². The second-order valence-electron chi connectivity index (χ2n) is 19.2. The number of alkyl halides is 1. The van der Waals surface area contributed by atoms with E-state index in [1.807, 2.05) is 67.6 Å². The molecule has 88 heavy (non-hydrogen) atoms. The molecule has 5 rings (SSSR count). The van der Waals surface area contributed by atoms with E-state index < -0.39 is 133 Å². The van der Waals surface area contributed by atoms with Crippen LogP contribution in [0.2, 0.25) is 5.02 Å². The van der Waals surface area contributed by atoms with Crippen molar-refractivity contribution in [3.8, 4) is 0 Å². The number of aliphatic hydroxyl groups excluding tert-OH is 3. The van der Waals surface area contributed by atoms with E-state index in [0.29, 0.717) is 51.0 Å². The van der Waals surface area contributed by atoms with Gasteiger partial charge >= 0.3 is 124 Å². The summed E-state index contributed by atoms with van der Waals surface area (Å²) in [6.45, 7) is 12.9. The number of nitrogens with one attached hydrogen (secondary N) is 4. The second-order valence-corrected chi connectivity index (χ2v) is 28.2. The van der Waals surface area contributed by atoms with Gasteiger partial charge in [0, 0.05) is 46.8 Å². The van der Waals surface area contributed by atoms with Crippen LogP contribution in [0, 0.1) is 10.5 Å². The number of carboxylic acid groups (broad SMARTS) is 1. The summed E-state index contributed by atoms with van der Waals surface area (Å²) in [6, 6.07) is 27.9. The van der Waals surface area contributed by atoms with Crippen LogP contribution >= 0.6 is 29.9 Å². The first-order valence-corrected chi connectivity index (χ1v) is 33.7. The largest absolute Gasteiger partial charge is 0.479 e. The number of aliphatic carboxylic acids is 1. The number of carbonyl (C=O) groups excluding carboxylic acids is 11. The summed E-state index contributed by atoms with van der Waals surface area (Å²) in [6.07, 6.45) is -5.73. The van der Waals surface area contributed by atoms with E-state index in [1.54, 1.807) is 70.2 Å². The van der Waals surface area contributed by atoms with Gasteiger partial charge in [-0.15, -0.1) is 0 Å². The Kier molecular flexibility index (Phi) is 32.1. The summed E-state index contributed by atoms with van der Waals surface area (Å²) in [5.41, 5.74) is 1.74. The molecule has 1 aliphatic heterocycles. The molecular formula is C62H82ClIN4O20. The van der Waals surface area contributed by atoms with E-state index in [9.17, 15) is 67.7 Å². The number of hydrogen-bond donors (Lipinski definition) is 8. The van der Waals surface area contributed by atoms with E-state index in [0.717, 1.165) is 5.56 Å². The Morgan fingerprint density at radius 3 is 1.48 bits per heavy atom. The van der Waals surface area contributed by atoms with Crippen LogP contribution in [0.4, 0.5) is 0 Å². The van der Waals surface area contributed by atoms with E-state index >= 15 is 0 Å². The zero-order chi connectivity index (χ0) is 70.3. The molecule has 0 amide bonds. The number of hydrogen-bond acceptors (Lipinski definition) is 23. The van der Waals surface area contributed by atoms with Gasteiger partial charge in [-0.1, -0.05) is 118 Å². The fourth-order valence-corrected chi connectivity index (χ4v) is 16.3. The number of benzene rings is 4. The van der Waals surface area contributed by atoms with E-state index in [2.05, 4.69) is 21.3 Å². The maximum absolute atomic E-state index is 13.4. The molecule has 4 aromatic rings. The van der Waals surface area contributed by atoms with Crippen LogP contribution in [0.25, 0.3) is 0 Å². The summed E-state index contributed by atoms with van der Waals surface area (Å²) in [5.74, 6) is -5.59. The van der Waals surface area contributed by atoms with Crippen molar-refractivity contribution < 1.29 is 97.4 Å². The zero-order valence-corrected chi connectivity index (χ0v) is 53.5.